The highest BCUT2D eigenvalue weighted by Crippen LogP contribution is 2.26. The van der Waals surface area contributed by atoms with Gasteiger partial charge in [0, 0.05) is 16.8 Å². The van der Waals surface area contributed by atoms with Gasteiger partial charge in [-0.05, 0) is 42.6 Å². The van der Waals surface area contributed by atoms with Crippen molar-refractivity contribution in [3.8, 4) is 11.3 Å². The van der Waals surface area contributed by atoms with Crippen molar-refractivity contribution in [2.75, 3.05) is 0 Å². The van der Waals surface area contributed by atoms with Crippen LogP contribution in [0.15, 0.2) is 24.4 Å². The highest BCUT2D eigenvalue weighted by atomic mass is 35.5. The molecule has 0 amide bonds. The summed E-state index contributed by atoms with van der Waals surface area (Å²) in [6.45, 7) is 3.91. The molecule has 0 saturated heterocycles. The molecule has 0 radical (unpaired) electrons. The summed E-state index contributed by atoms with van der Waals surface area (Å²) >= 11 is 11.9. The van der Waals surface area contributed by atoms with E-state index in [4.69, 9.17) is 23.2 Å². The number of halogens is 2. The smallest absolute Gasteiger partial charge is 0.222 e. The van der Waals surface area contributed by atoms with Crippen molar-refractivity contribution in [2.24, 2.45) is 0 Å². The van der Waals surface area contributed by atoms with E-state index in [2.05, 4.69) is 9.97 Å². The molecular weight excluding hydrogens is 243 g/mol. The lowest BCUT2D eigenvalue weighted by atomic mass is 10.1. The molecule has 0 spiro atoms. The molecule has 0 saturated carbocycles. The molecule has 0 fully saturated rings. The van der Waals surface area contributed by atoms with Crippen LogP contribution in [0.5, 0.6) is 0 Å². The molecule has 0 N–H and O–H groups in total. The first-order valence-corrected chi connectivity index (χ1v) is 5.59. The number of aryl methyl sites for hydroxylation is 2. The van der Waals surface area contributed by atoms with Crippen molar-refractivity contribution >= 4 is 23.2 Å². The van der Waals surface area contributed by atoms with Crippen LogP contribution in [0.3, 0.4) is 0 Å². The fourth-order valence-electron chi connectivity index (χ4n) is 1.45. The van der Waals surface area contributed by atoms with Gasteiger partial charge in [0.25, 0.3) is 0 Å². The lowest BCUT2D eigenvalue weighted by molar-refractivity contribution is 1.13. The minimum absolute atomic E-state index is 0.247. The van der Waals surface area contributed by atoms with Crippen LogP contribution in [0.25, 0.3) is 11.3 Å². The molecule has 0 unspecified atom stereocenters. The Bertz CT molecular complexity index is 539. The summed E-state index contributed by atoms with van der Waals surface area (Å²) in [5, 5.41) is 0.976. The fourth-order valence-corrected chi connectivity index (χ4v) is 1.77. The minimum Gasteiger partial charge on any atom is -0.226 e. The molecule has 2 rings (SSSR count). The Morgan fingerprint density at radius 1 is 1.06 bits per heavy atom. The van der Waals surface area contributed by atoms with Gasteiger partial charge >= 0.3 is 0 Å². The third-order valence-electron chi connectivity index (χ3n) is 2.39. The Kier molecular flexibility index (Phi) is 3.13. The van der Waals surface area contributed by atoms with Crippen LogP contribution in [0, 0.1) is 13.8 Å². The Morgan fingerprint density at radius 2 is 1.81 bits per heavy atom. The first-order valence-electron chi connectivity index (χ1n) is 4.83. The Morgan fingerprint density at radius 3 is 2.50 bits per heavy atom. The van der Waals surface area contributed by atoms with Gasteiger partial charge in [-0.3, -0.25) is 0 Å². The number of hydrogen-bond acceptors (Lipinski definition) is 2. The maximum absolute atomic E-state index is 6.08. The monoisotopic (exact) mass is 252 g/mol. The molecule has 0 bridgehead atoms. The van der Waals surface area contributed by atoms with Gasteiger partial charge in [-0.1, -0.05) is 23.7 Å². The first-order chi connectivity index (χ1) is 7.58. The van der Waals surface area contributed by atoms with Gasteiger partial charge in [0.2, 0.25) is 5.28 Å². The van der Waals surface area contributed by atoms with E-state index in [-0.39, 0.29) is 5.28 Å². The molecule has 82 valence electrons. The fraction of sp³-hybridized carbons (Fsp3) is 0.167. The zero-order chi connectivity index (χ0) is 11.7. The summed E-state index contributed by atoms with van der Waals surface area (Å²) in [7, 11) is 0. The summed E-state index contributed by atoms with van der Waals surface area (Å²) in [4.78, 5) is 8.14. The largest absolute Gasteiger partial charge is 0.226 e. The molecule has 0 atom stereocenters. The third-order valence-corrected chi connectivity index (χ3v) is 2.98. The molecular formula is C12H10Cl2N2. The quantitative estimate of drug-likeness (QED) is 0.716. The van der Waals surface area contributed by atoms with E-state index in [1.165, 1.54) is 0 Å². The molecule has 0 aliphatic heterocycles. The van der Waals surface area contributed by atoms with Gasteiger partial charge in [0.05, 0.1) is 5.69 Å². The van der Waals surface area contributed by atoms with Gasteiger partial charge < -0.3 is 0 Å². The van der Waals surface area contributed by atoms with Crippen LogP contribution < -0.4 is 0 Å². The standard InChI is InChI=1S/C12H10Cl2N2/c1-7-3-4-9(5-10(7)13)11-8(2)6-15-12(14)16-11/h3-6H,1-2H3. The molecule has 0 aliphatic rings. The van der Waals surface area contributed by atoms with Crippen LogP contribution in [0.1, 0.15) is 11.1 Å². The van der Waals surface area contributed by atoms with E-state index >= 15 is 0 Å². The third kappa shape index (κ3) is 2.18. The summed E-state index contributed by atoms with van der Waals surface area (Å²) in [5.41, 5.74) is 3.80. The highest BCUT2D eigenvalue weighted by molar-refractivity contribution is 6.31. The zero-order valence-electron chi connectivity index (χ0n) is 8.96. The van der Waals surface area contributed by atoms with Gasteiger partial charge in [-0.15, -0.1) is 0 Å². The predicted molar refractivity (Wildman–Crippen MR) is 67.0 cm³/mol. The van der Waals surface area contributed by atoms with E-state index in [1.807, 2.05) is 32.0 Å². The van der Waals surface area contributed by atoms with Crippen LogP contribution in [0.2, 0.25) is 10.3 Å². The highest BCUT2D eigenvalue weighted by Gasteiger charge is 2.07. The molecule has 2 nitrogen and oxygen atoms in total. The predicted octanol–water partition coefficient (Wildman–Crippen LogP) is 4.07. The van der Waals surface area contributed by atoms with Gasteiger partial charge in [0.1, 0.15) is 0 Å². The van der Waals surface area contributed by atoms with Crippen LogP contribution >= 0.6 is 23.2 Å². The molecule has 0 aliphatic carbocycles. The normalized spacial score (nSPS) is 10.5. The van der Waals surface area contributed by atoms with Gasteiger partial charge in [0.15, 0.2) is 0 Å². The molecule has 1 heterocycles. The number of rotatable bonds is 1. The average molecular weight is 253 g/mol. The average Bonchev–Trinajstić information content (AvgIpc) is 2.26. The molecule has 16 heavy (non-hydrogen) atoms. The van der Waals surface area contributed by atoms with Crippen molar-refractivity contribution in [1.82, 2.24) is 9.97 Å². The van der Waals surface area contributed by atoms with Gasteiger partial charge in [-0.2, -0.15) is 0 Å². The minimum atomic E-state index is 0.247. The van der Waals surface area contributed by atoms with E-state index in [0.29, 0.717) is 0 Å². The SMILES string of the molecule is Cc1ccc(-c2nc(Cl)ncc2C)cc1Cl. The summed E-state index contributed by atoms with van der Waals surface area (Å²) in [6, 6.07) is 5.84. The molecule has 4 heteroatoms. The van der Waals surface area contributed by atoms with E-state index < -0.39 is 0 Å². The molecule has 1 aromatic heterocycles. The number of hydrogen-bond donors (Lipinski definition) is 0. The summed E-state index contributed by atoms with van der Waals surface area (Å²) in [6.07, 6.45) is 1.71. The number of aromatic nitrogens is 2. The van der Waals surface area contributed by atoms with Crippen LogP contribution in [-0.2, 0) is 0 Å². The van der Waals surface area contributed by atoms with Gasteiger partial charge in [-0.25, -0.2) is 9.97 Å². The van der Waals surface area contributed by atoms with Crippen LogP contribution in [0.4, 0.5) is 0 Å². The lowest BCUT2D eigenvalue weighted by Gasteiger charge is -2.06. The second kappa shape index (κ2) is 4.40. The van der Waals surface area contributed by atoms with E-state index in [0.717, 1.165) is 27.4 Å². The summed E-state index contributed by atoms with van der Waals surface area (Å²) in [5.74, 6) is 0. The second-order valence-corrected chi connectivity index (χ2v) is 4.38. The van der Waals surface area contributed by atoms with E-state index in [1.54, 1.807) is 6.20 Å². The van der Waals surface area contributed by atoms with Crippen molar-refractivity contribution < 1.29 is 0 Å². The number of benzene rings is 1. The maximum atomic E-state index is 6.08. The topological polar surface area (TPSA) is 25.8 Å². The molecule has 2 aromatic rings. The Hall–Kier alpha value is -1.12. The Balaban J connectivity index is 2.58. The lowest BCUT2D eigenvalue weighted by Crippen LogP contribution is -1.92. The van der Waals surface area contributed by atoms with E-state index in [9.17, 15) is 0 Å². The molecule has 1 aromatic carbocycles. The maximum Gasteiger partial charge on any atom is 0.222 e. The van der Waals surface area contributed by atoms with Crippen molar-refractivity contribution in [2.45, 2.75) is 13.8 Å². The van der Waals surface area contributed by atoms with Crippen molar-refractivity contribution in [1.29, 1.82) is 0 Å². The van der Waals surface area contributed by atoms with Crippen LogP contribution in [-0.4, -0.2) is 9.97 Å². The number of nitrogens with zero attached hydrogens (tertiary/aromatic N) is 2. The summed E-state index contributed by atoms with van der Waals surface area (Å²) < 4.78 is 0. The second-order valence-electron chi connectivity index (χ2n) is 3.63. The first kappa shape index (κ1) is 11.4. The Labute approximate surface area is 104 Å². The zero-order valence-corrected chi connectivity index (χ0v) is 10.5. The van der Waals surface area contributed by atoms with Crippen molar-refractivity contribution in [3.05, 3.63) is 45.8 Å². The van der Waals surface area contributed by atoms with Crippen molar-refractivity contribution in [3.63, 3.8) is 0 Å².